The Morgan fingerprint density at radius 1 is 1.05 bits per heavy atom. The third kappa shape index (κ3) is 2.23. The number of nitriles is 1. The number of hydrogen-bond donors (Lipinski definition) is 0. The molecule has 0 radical (unpaired) electrons. The molecular formula is C16H12N4O. The van der Waals surface area contributed by atoms with Crippen LogP contribution in [0.25, 0.3) is 16.9 Å². The van der Waals surface area contributed by atoms with E-state index in [-0.39, 0.29) is 5.69 Å². The molecule has 1 aromatic heterocycles. The summed E-state index contributed by atoms with van der Waals surface area (Å²) >= 11 is 0. The van der Waals surface area contributed by atoms with E-state index in [4.69, 9.17) is 4.74 Å². The average Bonchev–Trinajstić information content (AvgIpc) is 2.99. The van der Waals surface area contributed by atoms with E-state index >= 15 is 0 Å². The van der Waals surface area contributed by atoms with Gasteiger partial charge >= 0.3 is 0 Å². The van der Waals surface area contributed by atoms with Crippen molar-refractivity contribution >= 4 is 0 Å². The second-order valence-corrected chi connectivity index (χ2v) is 4.35. The first-order valence-electron chi connectivity index (χ1n) is 6.39. The maximum atomic E-state index is 9.27. The lowest BCUT2D eigenvalue weighted by Crippen LogP contribution is -2.02. The van der Waals surface area contributed by atoms with Gasteiger partial charge in [-0.1, -0.05) is 47.7 Å². The Labute approximate surface area is 122 Å². The van der Waals surface area contributed by atoms with Gasteiger partial charge in [0.2, 0.25) is 0 Å². The van der Waals surface area contributed by atoms with Crippen LogP contribution in [-0.2, 0) is 0 Å². The van der Waals surface area contributed by atoms with E-state index in [1.807, 2.05) is 54.6 Å². The lowest BCUT2D eigenvalue weighted by Gasteiger charge is -2.10. The molecule has 0 atom stereocenters. The Balaban J connectivity index is 2.26. The van der Waals surface area contributed by atoms with Crippen LogP contribution in [0.5, 0.6) is 5.75 Å². The molecule has 0 aliphatic rings. The van der Waals surface area contributed by atoms with Crippen LogP contribution in [-0.4, -0.2) is 22.1 Å². The van der Waals surface area contributed by atoms with Crippen molar-refractivity contribution in [1.82, 2.24) is 15.0 Å². The Morgan fingerprint density at radius 3 is 2.48 bits per heavy atom. The second kappa shape index (κ2) is 5.47. The highest BCUT2D eigenvalue weighted by atomic mass is 16.5. The summed E-state index contributed by atoms with van der Waals surface area (Å²) in [6, 6.07) is 19.2. The molecule has 0 unspecified atom stereocenters. The van der Waals surface area contributed by atoms with E-state index in [1.165, 1.54) is 0 Å². The number of benzene rings is 2. The van der Waals surface area contributed by atoms with Gasteiger partial charge in [0.25, 0.3) is 0 Å². The van der Waals surface area contributed by atoms with Gasteiger partial charge in [0.15, 0.2) is 5.69 Å². The molecule has 3 aromatic rings. The van der Waals surface area contributed by atoms with Crippen LogP contribution >= 0.6 is 0 Å². The molecule has 0 saturated heterocycles. The molecule has 102 valence electrons. The fraction of sp³-hybridized carbons (Fsp3) is 0.0625. The molecule has 1 heterocycles. The van der Waals surface area contributed by atoms with Gasteiger partial charge in [0.05, 0.1) is 7.11 Å². The van der Waals surface area contributed by atoms with Crippen LogP contribution in [0.4, 0.5) is 0 Å². The zero-order chi connectivity index (χ0) is 14.7. The molecule has 3 rings (SSSR count). The van der Waals surface area contributed by atoms with E-state index in [0.717, 1.165) is 11.3 Å². The van der Waals surface area contributed by atoms with Crippen molar-refractivity contribution in [2.24, 2.45) is 0 Å². The summed E-state index contributed by atoms with van der Waals surface area (Å²) in [5, 5.41) is 17.3. The topological polar surface area (TPSA) is 63.7 Å². The van der Waals surface area contributed by atoms with Crippen LogP contribution < -0.4 is 4.74 Å². The quantitative estimate of drug-likeness (QED) is 0.738. The summed E-state index contributed by atoms with van der Waals surface area (Å²) in [4.78, 5) is 0. The highest BCUT2D eigenvalue weighted by Gasteiger charge is 2.17. The summed E-state index contributed by atoms with van der Waals surface area (Å²) < 4.78 is 6.99. The van der Waals surface area contributed by atoms with Gasteiger partial charge in [-0.25, -0.2) is 4.68 Å². The first-order chi connectivity index (χ1) is 10.3. The lowest BCUT2D eigenvalue weighted by atomic mass is 10.1. The number of ether oxygens (including phenoxy) is 1. The second-order valence-electron chi connectivity index (χ2n) is 4.35. The molecule has 21 heavy (non-hydrogen) atoms. The van der Waals surface area contributed by atoms with Gasteiger partial charge in [0, 0.05) is 5.56 Å². The molecule has 5 nitrogen and oxygen atoms in total. The fourth-order valence-electron chi connectivity index (χ4n) is 2.19. The van der Waals surface area contributed by atoms with Gasteiger partial charge in [0.1, 0.15) is 23.2 Å². The highest BCUT2D eigenvalue weighted by molar-refractivity contribution is 5.68. The van der Waals surface area contributed by atoms with Crippen LogP contribution in [0.2, 0.25) is 0 Å². The Morgan fingerprint density at radius 2 is 1.76 bits per heavy atom. The summed E-state index contributed by atoms with van der Waals surface area (Å²) in [5.41, 5.74) is 2.56. The van der Waals surface area contributed by atoms with Crippen molar-refractivity contribution < 1.29 is 4.74 Å². The van der Waals surface area contributed by atoms with Crippen LogP contribution in [0.15, 0.2) is 54.6 Å². The van der Waals surface area contributed by atoms with Crippen molar-refractivity contribution in [3.05, 3.63) is 60.3 Å². The lowest BCUT2D eigenvalue weighted by molar-refractivity contribution is 0.411. The standard InChI is InChI=1S/C16H12N4O/c1-21-15-10-6-5-9-14(15)20-16(13(11-17)18-19-20)12-7-3-2-4-8-12/h2-10H,1H3. The molecule has 0 fully saturated rings. The number of rotatable bonds is 3. The minimum absolute atomic E-state index is 0.284. The minimum atomic E-state index is 0.284. The normalized spacial score (nSPS) is 10.1. The van der Waals surface area contributed by atoms with Crippen molar-refractivity contribution in [2.75, 3.05) is 7.11 Å². The SMILES string of the molecule is COc1ccccc1-n1nnc(C#N)c1-c1ccccc1. The van der Waals surface area contributed by atoms with E-state index in [2.05, 4.69) is 16.4 Å². The number of para-hydroxylation sites is 2. The van der Waals surface area contributed by atoms with E-state index in [9.17, 15) is 5.26 Å². The molecule has 0 saturated carbocycles. The molecule has 0 aliphatic heterocycles. The summed E-state index contributed by atoms with van der Waals surface area (Å²) in [5.74, 6) is 0.670. The molecule has 0 spiro atoms. The van der Waals surface area contributed by atoms with Gasteiger partial charge in [-0.2, -0.15) is 5.26 Å². The molecule has 5 heteroatoms. The van der Waals surface area contributed by atoms with Crippen LogP contribution in [0.3, 0.4) is 0 Å². The number of nitrogens with zero attached hydrogens (tertiary/aromatic N) is 4. The minimum Gasteiger partial charge on any atom is -0.494 e. The van der Waals surface area contributed by atoms with E-state index in [1.54, 1.807) is 11.8 Å². The largest absolute Gasteiger partial charge is 0.494 e. The monoisotopic (exact) mass is 276 g/mol. The Kier molecular flexibility index (Phi) is 3.36. The van der Waals surface area contributed by atoms with Gasteiger partial charge < -0.3 is 4.74 Å². The molecule has 0 N–H and O–H groups in total. The number of methoxy groups -OCH3 is 1. The molecule has 2 aromatic carbocycles. The summed E-state index contributed by atoms with van der Waals surface area (Å²) in [6.45, 7) is 0. The van der Waals surface area contributed by atoms with Crippen molar-refractivity contribution in [3.8, 4) is 28.8 Å². The van der Waals surface area contributed by atoms with E-state index in [0.29, 0.717) is 11.4 Å². The molecule has 0 bridgehead atoms. The average molecular weight is 276 g/mol. The predicted molar refractivity (Wildman–Crippen MR) is 78.1 cm³/mol. The zero-order valence-electron chi connectivity index (χ0n) is 11.4. The summed E-state index contributed by atoms with van der Waals surface area (Å²) in [7, 11) is 1.60. The van der Waals surface area contributed by atoms with Crippen molar-refractivity contribution in [1.29, 1.82) is 5.26 Å². The third-order valence-electron chi connectivity index (χ3n) is 3.14. The fourth-order valence-corrected chi connectivity index (χ4v) is 2.19. The number of aromatic nitrogens is 3. The highest BCUT2D eigenvalue weighted by Crippen LogP contribution is 2.29. The summed E-state index contributed by atoms with van der Waals surface area (Å²) in [6.07, 6.45) is 0. The Bertz CT molecular complexity index is 803. The van der Waals surface area contributed by atoms with Gasteiger partial charge in [-0.3, -0.25) is 0 Å². The molecule has 0 amide bonds. The van der Waals surface area contributed by atoms with Gasteiger partial charge in [-0.15, -0.1) is 5.10 Å². The van der Waals surface area contributed by atoms with Crippen molar-refractivity contribution in [2.45, 2.75) is 0 Å². The molecular weight excluding hydrogens is 264 g/mol. The van der Waals surface area contributed by atoms with Crippen LogP contribution in [0, 0.1) is 11.3 Å². The predicted octanol–water partition coefficient (Wildman–Crippen LogP) is 2.81. The third-order valence-corrected chi connectivity index (χ3v) is 3.14. The van der Waals surface area contributed by atoms with Crippen LogP contribution in [0.1, 0.15) is 5.69 Å². The zero-order valence-corrected chi connectivity index (χ0v) is 11.4. The maximum Gasteiger partial charge on any atom is 0.191 e. The smallest absolute Gasteiger partial charge is 0.191 e. The number of hydrogen-bond acceptors (Lipinski definition) is 4. The Hall–Kier alpha value is -3.13. The first kappa shape index (κ1) is 12.9. The molecule has 0 aliphatic carbocycles. The van der Waals surface area contributed by atoms with Gasteiger partial charge in [-0.05, 0) is 12.1 Å². The van der Waals surface area contributed by atoms with Crippen molar-refractivity contribution in [3.63, 3.8) is 0 Å². The first-order valence-corrected chi connectivity index (χ1v) is 6.39. The van der Waals surface area contributed by atoms with E-state index < -0.39 is 0 Å². The maximum absolute atomic E-state index is 9.27.